The molecule has 0 unspecified atom stereocenters. The molecule has 0 aliphatic heterocycles. The lowest BCUT2D eigenvalue weighted by atomic mass is 10.1. The molecule has 3 rings (SSSR count). The van der Waals surface area contributed by atoms with E-state index in [0.29, 0.717) is 16.6 Å². The van der Waals surface area contributed by atoms with Gasteiger partial charge in [0.05, 0.1) is 21.5 Å². The molecule has 0 bridgehead atoms. The van der Waals surface area contributed by atoms with Crippen molar-refractivity contribution in [2.24, 2.45) is 0 Å². The third-order valence-electron chi connectivity index (χ3n) is 3.98. The van der Waals surface area contributed by atoms with Crippen LogP contribution >= 0.6 is 23.2 Å². The average Bonchev–Trinajstić information content (AvgIpc) is 3.05. The van der Waals surface area contributed by atoms with Crippen LogP contribution in [0.4, 0.5) is 5.82 Å². The summed E-state index contributed by atoms with van der Waals surface area (Å²) in [6, 6.07) is 13.8. The van der Waals surface area contributed by atoms with Crippen molar-refractivity contribution in [3.8, 4) is 0 Å². The lowest BCUT2D eigenvalue weighted by molar-refractivity contribution is 0.600. The van der Waals surface area contributed by atoms with Gasteiger partial charge in [0, 0.05) is 12.3 Å². The smallest absolute Gasteiger partial charge is 0.263 e. The fourth-order valence-electron chi connectivity index (χ4n) is 2.65. The quantitative estimate of drug-likeness (QED) is 0.581. The van der Waals surface area contributed by atoms with Crippen molar-refractivity contribution in [3.63, 3.8) is 0 Å². The molecule has 0 aliphatic carbocycles. The average molecular weight is 424 g/mol. The fraction of sp³-hybridized carbons (Fsp3) is 0.211. The van der Waals surface area contributed by atoms with E-state index < -0.39 is 10.0 Å². The third kappa shape index (κ3) is 5.03. The van der Waals surface area contributed by atoms with Crippen molar-refractivity contribution >= 4 is 39.0 Å². The molecule has 1 heterocycles. The number of halogens is 2. The van der Waals surface area contributed by atoms with Gasteiger partial charge in [-0.1, -0.05) is 54.7 Å². The zero-order valence-corrected chi connectivity index (χ0v) is 17.0. The maximum atomic E-state index is 12.5. The Bertz CT molecular complexity index is 1030. The van der Waals surface area contributed by atoms with Gasteiger partial charge < -0.3 is 0 Å². The number of nitrogens with one attached hydrogen (secondary N) is 1. The molecule has 142 valence electrons. The molecule has 2 aromatic carbocycles. The van der Waals surface area contributed by atoms with Gasteiger partial charge in [-0.3, -0.25) is 9.40 Å². The molecule has 0 amide bonds. The van der Waals surface area contributed by atoms with Crippen LogP contribution in [0.1, 0.15) is 24.5 Å². The van der Waals surface area contributed by atoms with Gasteiger partial charge in [0.15, 0.2) is 5.82 Å². The topological polar surface area (TPSA) is 64.0 Å². The highest BCUT2D eigenvalue weighted by Gasteiger charge is 2.15. The molecule has 0 saturated heterocycles. The van der Waals surface area contributed by atoms with Crippen LogP contribution in [-0.2, 0) is 23.0 Å². The van der Waals surface area contributed by atoms with Crippen LogP contribution in [0.5, 0.6) is 0 Å². The molecule has 0 aliphatic rings. The summed E-state index contributed by atoms with van der Waals surface area (Å²) in [6.45, 7) is 2.53. The first kappa shape index (κ1) is 19.7. The molecule has 1 aromatic heterocycles. The van der Waals surface area contributed by atoms with Crippen LogP contribution in [0.15, 0.2) is 59.6 Å². The minimum Gasteiger partial charge on any atom is -0.266 e. The molecule has 5 nitrogen and oxygen atoms in total. The number of aryl methyl sites for hydroxylation is 1. The second-order valence-electron chi connectivity index (χ2n) is 6.15. The minimum absolute atomic E-state index is 0.210. The number of hydrogen-bond donors (Lipinski definition) is 1. The van der Waals surface area contributed by atoms with Crippen LogP contribution in [0.3, 0.4) is 0 Å². The van der Waals surface area contributed by atoms with E-state index in [0.717, 1.165) is 24.0 Å². The molecule has 0 spiro atoms. The Morgan fingerprint density at radius 1 is 1.00 bits per heavy atom. The van der Waals surface area contributed by atoms with Crippen molar-refractivity contribution in [1.82, 2.24) is 9.78 Å². The number of aromatic nitrogens is 2. The first-order valence-electron chi connectivity index (χ1n) is 8.46. The number of hydrogen-bond acceptors (Lipinski definition) is 3. The Labute approximate surface area is 169 Å². The van der Waals surface area contributed by atoms with Crippen molar-refractivity contribution in [1.29, 1.82) is 0 Å². The van der Waals surface area contributed by atoms with E-state index in [9.17, 15) is 8.42 Å². The number of benzene rings is 2. The molecular formula is C19H19Cl2N3O2S. The van der Waals surface area contributed by atoms with Gasteiger partial charge in [-0.25, -0.2) is 8.42 Å². The Morgan fingerprint density at radius 2 is 1.70 bits per heavy atom. The van der Waals surface area contributed by atoms with Crippen LogP contribution < -0.4 is 4.72 Å². The Kier molecular flexibility index (Phi) is 6.09. The van der Waals surface area contributed by atoms with E-state index in [4.69, 9.17) is 23.2 Å². The summed E-state index contributed by atoms with van der Waals surface area (Å²) in [5.74, 6) is 0.257. The van der Waals surface area contributed by atoms with Crippen molar-refractivity contribution in [2.75, 3.05) is 4.72 Å². The summed E-state index contributed by atoms with van der Waals surface area (Å²) in [6.07, 6.45) is 3.64. The maximum absolute atomic E-state index is 12.5. The second kappa shape index (κ2) is 8.33. The van der Waals surface area contributed by atoms with Gasteiger partial charge in [-0.05, 0) is 41.8 Å². The first-order valence-corrected chi connectivity index (χ1v) is 10.7. The molecule has 0 radical (unpaired) electrons. The summed E-state index contributed by atoms with van der Waals surface area (Å²) in [5, 5.41) is 5.22. The molecule has 27 heavy (non-hydrogen) atoms. The summed E-state index contributed by atoms with van der Waals surface area (Å²) in [4.78, 5) is 0.210. The summed E-state index contributed by atoms with van der Waals surface area (Å²) >= 11 is 11.9. The monoisotopic (exact) mass is 423 g/mol. The maximum Gasteiger partial charge on any atom is 0.263 e. The normalized spacial score (nSPS) is 11.5. The van der Waals surface area contributed by atoms with E-state index in [1.807, 2.05) is 18.2 Å². The van der Waals surface area contributed by atoms with E-state index in [1.54, 1.807) is 41.2 Å². The molecule has 0 atom stereocenters. The third-order valence-corrected chi connectivity index (χ3v) is 6.09. The van der Waals surface area contributed by atoms with Gasteiger partial charge in [0.25, 0.3) is 10.0 Å². The highest BCUT2D eigenvalue weighted by molar-refractivity contribution is 7.92. The van der Waals surface area contributed by atoms with Crippen LogP contribution in [0.2, 0.25) is 10.0 Å². The number of rotatable bonds is 7. The molecule has 3 aromatic rings. The molecule has 0 fully saturated rings. The van der Waals surface area contributed by atoms with Crippen LogP contribution in [-0.4, -0.2) is 18.2 Å². The Hall–Kier alpha value is -2.02. The predicted octanol–water partition coefficient (Wildman–Crippen LogP) is 4.99. The van der Waals surface area contributed by atoms with Gasteiger partial charge >= 0.3 is 0 Å². The zero-order valence-electron chi connectivity index (χ0n) is 14.7. The second-order valence-corrected chi connectivity index (χ2v) is 8.64. The van der Waals surface area contributed by atoms with Crippen molar-refractivity contribution in [3.05, 3.63) is 75.9 Å². The SMILES string of the molecule is CCCc1ccc(S(=O)(=O)Nc2ccn(Cc3ccc(Cl)c(Cl)c3)n2)cc1. The van der Waals surface area contributed by atoms with E-state index in [-0.39, 0.29) is 10.7 Å². The van der Waals surface area contributed by atoms with Crippen molar-refractivity contribution in [2.45, 2.75) is 31.2 Å². The van der Waals surface area contributed by atoms with Crippen molar-refractivity contribution < 1.29 is 8.42 Å². The van der Waals surface area contributed by atoms with Crippen LogP contribution in [0, 0.1) is 0 Å². The standard InChI is InChI=1S/C19H19Cl2N3O2S/c1-2-3-14-4-7-16(8-5-14)27(25,26)23-19-10-11-24(22-19)13-15-6-9-17(20)18(21)12-15/h4-12H,2-3,13H2,1H3,(H,22,23). The first-order chi connectivity index (χ1) is 12.9. The molecule has 8 heteroatoms. The lowest BCUT2D eigenvalue weighted by Gasteiger charge is -2.07. The van der Waals surface area contributed by atoms with E-state index in [1.165, 1.54) is 0 Å². The molecule has 1 N–H and O–H groups in total. The molecular weight excluding hydrogens is 405 g/mol. The summed E-state index contributed by atoms with van der Waals surface area (Å²) in [5.41, 5.74) is 2.02. The van der Waals surface area contributed by atoms with Gasteiger partial charge in [-0.15, -0.1) is 0 Å². The highest BCUT2D eigenvalue weighted by Crippen LogP contribution is 2.23. The summed E-state index contributed by atoms with van der Waals surface area (Å²) < 4.78 is 29.2. The minimum atomic E-state index is -3.68. The van der Waals surface area contributed by atoms with Gasteiger partial charge in [-0.2, -0.15) is 5.10 Å². The largest absolute Gasteiger partial charge is 0.266 e. The number of sulfonamides is 1. The Morgan fingerprint density at radius 3 is 2.37 bits per heavy atom. The lowest BCUT2D eigenvalue weighted by Crippen LogP contribution is -2.14. The predicted molar refractivity (Wildman–Crippen MR) is 109 cm³/mol. The number of nitrogens with zero attached hydrogens (tertiary/aromatic N) is 2. The van der Waals surface area contributed by atoms with Gasteiger partial charge in [0.2, 0.25) is 0 Å². The number of anilines is 1. The summed E-state index contributed by atoms with van der Waals surface area (Å²) in [7, 11) is -3.68. The van der Waals surface area contributed by atoms with Crippen LogP contribution in [0.25, 0.3) is 0 Å². The zero-order chi connectivity index (χ0) is 19.4. The van der Waals surface area contributed by atoms with E-state index >= 15 is 0 Å². The van der Waals surface area contributed by atoms with Gasteiger partial charge in [0.1, 0.15) is 0 Å². The molecule has 0 saturated carbocycles. The van der Waals surface area contributed by atoms with E-state index in [2.05, 4.69) is 16.7 Å². The highest BCUT2D eigenvalue weighted by atomic mass is 35.5. The Balaban J connectivity index is 1.71. The fourth-order valence-corrected chi connectivity index (χ4v) is 3.97.